The number of halogens is 1. The molecule has 6 nitrogen and oxygen atoms in total. The highest BCUT2D eigenvalue weighted by atomic mass is 35.5. The summed E-state index contributed by atoms with van der Waals surface area (Å²) < 4.78 is 5.20. The van der Waals surface area contributed by atoms with E-state index in [1.807, 2.05) is 31.1 Å². The van der Waals surface area contributed by atoms with Gasteiger partial charge in [-0.15, -0.1) is 0 Å². The molecule has 26 heavy (non-hydrogen) atoms. The number of ether oxygens (including phenoxy) is 1. The Morgan fingerprint density at radius 3 is 2.50 bits per heavy atom. The number of methoxy groups -OCH3 is 1. The van der Waals surface area contributed by atoms with Gasteiger partial charge in [-0.25, -0.2) is 0 Å². The van der Waals surface area contributed by atoms with Gasteiger partial charge in [0.15, 0.2) is 0 Å². The Morgan fingerprint density at radius 1 is 1.12 bits per heavy atom. The zero-order valence-electron chi connectivity index (χ0n) is 15.2. The van der Waals surface area contributed by atoms with Crippen LogP contribution in [0.2, 0.25) is 5.02 Å². The van der Waals surface area contributed by atoms with Gasteiger partial charge in [0.1, 0.15) is 5.75 Å². The number of benzene rings is 2. The molecule has 7 heteroatoms. The van der Waals surface area contributed by atoms with E-state index < -0.39 is 0 Å². The van der Waals surface area contributed by atoms with Gasteiger partial charge < -0.3 is 19.9 Å². The molecule has 0 saturated carbocycles. The van der Waals surface area contributed by atoms with Crippen LogP contribution in [-0.2, 0) is 4.79 Å². The van der Waals surface area contributed by atoms with E-state index in [0.717, 1.165) is 5.69 Å². The van der Waals surface area contributed by atoms with Crippen LogP contribution < -0.4 is 15.0 Å². The van der Waals surface area contributed by atoms with Crippen molar-refractivity contribution in [1.82, 2.24) is 4.90 Å². The average Bonchev–Trinajstić information content (AvgIpc) is 2.61. The van der Waals surface area contributed by atoms with Crippen molar-refractivity contribution < 1.29 is 14.3 Å². The van der Waals surface area contributed by atoms with Gasteiger partial charge in [-0.1, -0.05) is 17.7 Å². The number of likely N-dealkylation sites (N-methyl/N-ethyl adjacent to an activating group) is 1. The van der Waals surface area contributed by atoms with Crippen molar-refractivity contribution in [2.24, 2.45) is 0 Å². The minimum absolute atomic E-state index is 0.0965. The van der Waals surface area contributed by atoms with Gasteiger partial charge in [-0.2, -0.15) is 0 Å². The predicted molar refractivity (Wildman–Crippen MR) is 104 cm³/mol. The predicted octanol–water partition coefficient (Wildman–Crippen LogP) is 3.13. The number of amides is 2. The maximum absolute atomic E-state index is 12.6. The molecule has 0 unspecified atom stereocenters. The SMILES string of the molecule is COc1ccc(Cl)cc1NC(=O)CN(C)C(=O)c1cccc(N(C)C)c1. The van der Waals surface area contributed by atoms with Crippen LogP contribution in [0.25, 0.3) is 0 Å². The van der Waals surface area contributed by atoms with Crippen molar-refractivity contribution in [3.63, 3.8) is 0 Å². The number of nitrogens with one attached hydrogen (secondary N) is 1. The molecule has 2 aromatic carbocycles. The lowest BCUT2D eigenvalue weighted by Gasteiger charge is -2.19. The third kappa shape index (κ3) is 4.89. The maximum Gasteiger partial charge on any atom is 0.254 e. The number of hydrogen-bond donors (Lipinski definition) is 1. The van der Waals surface area contributed by atoms with Crippen LogP contribution in [0.1, 0.15) is 10.4 Å². The molecule has 2 rings (SSSR count). The van der Waals surface area contributed by atoms with Crippen LogP contribution in [0.4, 0.5) is 11.4 Å². The molecule has 0 atom stereocenters. The van der Waals surface area contributed by atoms with Gasteiger partial charge in [0.2, 0.25) is 5.91 Å². The van der Waals surface area contributed by atoms with E-state index in [4.69, 9.17) is 16.3 Å². The number of hydrogen-bond acceptors (Lipinski definition) is 4. The summed E-state index contributed by atoms with van der Waals surface area (Å²) in [6.45, 7) is -0.0965. The van der Waals surface area contributed by atoms with E-state index >= 15 is 0 Å². The first kappa shape index (κ1) is 19.6. The lowest BCUT2D eigenvalue weighted by atomic mass is 10.1. The third-order valence-electron chi connectivity index (χ3n) is 3.77. The molecule has 0 spiro atoms. The summed E-state index contributed by atoms with van der Waals surface area (Å²) in [6.07, 6.45) is 0. The highest BCUT2D eigenvalue weighted by Gasteiger charge is 2.17. The first-order valence-corrected chi connectivity index (χ1v) is 8.36. The van der Waals surface area contributed by atoms with E-state index in [0.29, 0.717) is 22.0 Å². The van der Waals surface area contributed by atoms with Gasteiger partial charge in [0.25, 0.3) is 5.91 Å². The van der Waals surface area contributed by atoms with Crippen molar-refractivity contribution in [2.75, 3.05) is 45.0 Å². The van der Waals surface area contributed by atoms with Crippen LogP contribution in [-0.4, -0.2) is 51.5 Å². The fourth-order valence-corrected chi connectivity index (χ4v) is 2.56. The molecule has 0 bridgehead atoms. The molecule has 2 aromatic rings. The minimum atomic E-state index is -0.342. The lowest BCUT2D eigenvalue weighted by molar-refractivity contribution is -0.116. The summed E-state index contributed by atoms with van der Waals surface area (Å²) in [5.41, 5.74) is 1.89. The number of rotatable bonds is 6. The van der Waals surface area contributed by atoms with Crippen LogP contribution in [0.3, 0.4) is 0 Å². The fraction of sp³-hybridized carbons (Fsp3) is 0.263. The molecule has 0 aromatic heterocycles. The summed E-state index contributed by atoms with van der Waals surface area (Å²) in [5, 5.41) is 3.20. The summed E-state index contributed by atoms with van der Waals surface area (Å²) in [5.74, 6) is -0.0810. The molecule has 1 N–H and O–H groups in total. The second-order valence-corrected chi connectivity index (χ2v) is 6.44. The zero-order valence-corrected chi connectivity index (χ0v) is 16.0. The molecule has 0 saturated heterocycles. The van der Waals surface area contributed by atoms with Gasteiger partial charge in [-0.3, -0.25) is 9.59 Å². The van der Waals surface area contributed by atoms with Crippen molar-refractivity contribution in [3.05, 3.63) is 53.1 Å². The Labute approximate surface area is 158 Å². The van der Waals surface area contributed by atoms with Crippen molar-refractivity contribution >= 4 is 34.8 Å². The monoisotopic (exact) mass is 375 g/mol. The van der Waals surface area contributed by atoms with Crippen molar-refractivity contribution in [2.45, 2.75) is 0 Å². The first-order chi connectivity index (χ1) is 12.3. The minimum Gasteiger partial charge on any atom is -0.495 e. The van der Waals surface area contributed by atoms with Gasteiger partial charge in [0, 0.05) is 37.4 Å². The number of carbonyl (C=O) groups is 2. The lowest BCUT2D eigenvalue weighted by Crippen LogP contribution is -2.35. The molecule has 0 radical (unpaired) electrons. The molecule has 2 amide bonds. The molecule has 0 aliphatic heterocycles. The Hall–Kier alpha value is -2.73. The Bertz CT molecular complexity index is 808. The van der Waals surface area contributed by atoms with Crippen molar-refractivity contribution in [1.29, 1.82) is 0 Å². The van der Waals surface area contributed by atoms with E-state index in [1.54, 1.807) is 37.4 Å². The van der Waals surface area contributed by atoms with Gasteiger partial charge in [0.05, 0.1) is 19.3 Å². The summed E-state index contributed by atoms with van der Waals surface area (Å²) >= 11 is 5.96. The van der Waals surface area contributed by atoms with E-state index in [-0.39, 0.29) is 18.4 Å². The smallest absolute Gasteiger partial charge is 0.254 e. The molecule has 0 heterocycles. The second-order valence-electron chi connectivity index (χ2n) is 6.00. The third-order valence-corrected chi connectivity index (χ3v) is 4.01. The zero-order chi connectivity index (χ0) is 19.3. The molecule has 138 valence electrons. The number of carbonyl (C=O) groups excluding carboxylic acids is 2. The van der Waals surface area contributed by atoms with Crippen LogP contribution >= 0.6 is 11.6 Å². The van der Waals surface area contributed by atoms with Crippen LogP contribution in [0.15, 0.2) is 42.5 Å². The van der Waals surface area contributed by atoms with E-state index in [9.17, 15) is 9.59 Å². The normalized spacial score (nSPS) is 10.2. The Balaban J connectivity index is 2.06. The standard InChI is InChI=1S/C19H22ClN3O3/c1-22(2)15-7-5-6-13(10-15)19(25)23(3)12-18(24)21-16-11-14(20)8-9-17(16)26-4/h5-11H,12H2,1-4H3,(H,21,24). The largest absolute Gasteiger partial charge is 0.495 e. The fourth-order valence-electron chi connectivity index (χ4n) is 2.39. The second kappa shape index (κ2) is 8.58. The van der Waals surface area contributed by atoms with E-state index in [1.165, 1.54) is 12.0 Å². The molecule has 0 aliphatic carbocycles. The summed E-state index contributed by atoms with van der Waals surface area (Å²) in [7, 11) is 6.89. The van der Waals surface area contributed by atoms with Gasteiger partial charge in [-0.05, 0) is 36.4 Å². The van der Waals surface area contributed by atoms with E-state index in [2.05, 4.69) is 5.32 Å². The molecule has 0 aliphatic rings. The highest BCUT2D eigenvalue weighted by Crippen LogP contribution is 2.27. The first-order valence-electron chi connectivity index (χ1n) is 7.98. The molecular formula is C19H22ClN3O3. The number of anilines is 2. The number of nitrogens with zero attached hydrogens (tertiary/aromatic N) is 2. The van der Waals surface area contributed by atoms with Crippen molar-refractivity contribution in [3.8, 4) is 5.75 Å². The maximum atomic E-state index is 12.6. The van der Waals surface area contributed by atoms with Crippen LogP contribution in [0.5, 0.6) is 5.75 Å². The summed E-state index contributed by atoms with van der Waals surface area (Å²) in [6, 6.07) is 12.2. The topological polar surface area (TPSA) is 61.9 Å². The Morgan fingerprint density at radius 2 is 1.85 bits per heavy atom. The average molecular weight is 376 g/mol. The molecular weight excluding hydrogens is 354 g/mol. The molecule has 0 fully saturated rings. The van der Waals surface area contributed by atoms with Crippen LogP contribution in [0, 0.1) is 0 Å². The summed E-state index contributed by atoms with van der Waals surface area (Å²) in [4.78, 5) is 28.1. The quantitative estimate of drug-likeness (QED) is 0.842. The Kier molecular flexibility index (Phi) is 6.46. The van der Waals surface area contributed by atoms with Gasteiger partial charge >= 0.3 is 0 Å². The highest BCUT2D eigenvalue weighted by molar-refractivity contribution is 6.31.